The second-order valence-corrected chi connectivity index (χ2v) is 4.72. The molecule has 0 bridgehead atoms. The number of rotatable bonds is 3. The Labute approximate surface area is 116 Å². The van der Waals surface area contributed by atoms with E-state index in [1.807, 2.05) is 19.1 Å². The molecule has 0 heterocycles. The molecule has 2 aromatic carbocycles. The van der Waals surface area contributed by atoms with Crippen LogP contribution in [0.4, 0.5) is 4.39 Å². The van der Waals surface area contributed by atoms with E-state index in [1.165, 1.54) is 25.3 Å². The Balaban J connectivity index is 2.49. The lowest BCUT2D eigenvalue weighted by Gasteiger charge is -2.17. The van der Waals surface area contributed by atoms with Gasteiger partial charge in [-0.3, -0.25) is 0 Å². The van der Waals surface area contributed by atoms with E-state index in [0.29, 0.717) is 16.9 Å². The first-order chi connectivity index (χ1) is 9.02. The van der Waals surface area contributed by atoms with E-state index in [-0.39, 0.29) is 5.02 Å². The van der Waals surface area contributed by atoms with Gasteiger partial charge >= 0.3 is 0 Å². The van der Waals surface area contributed by atoms with E-state index in [1.54, 1.807) is 6.07 Å². The predicted molar refractivity (Wildman–Crippen MR) is 73.2 cm³/mol. The summed E-state index contributed by atoms with van der Waals surface area (Å²) in [6.45, 7) is 1.92. The lowest BCUT2D eigenvalue weighted by Crippen LogP contribution is -2.04. The average molecular weight is 281 g/mol. The van der Waals surface area contributed by atoms with E-state index in [9.17, 15) is 9.50 Å². The molecule has 0 fully saturated rings. The van der Waals surface area contributed by atoms with Crippen molar-refractivity contribution in [3.05, 3.63) is 63.9 Å². The second kappa shape index (κ2) is 5.59. The maximum Gasteiger partial charge on any atom is 0.125 e. The minimum Gasteiger partial charge on any atom is -0.496 e. The molecule has 2 rings (SSSR count). The van der Waals surface area contributed by atoms with Crippen molar-refractivity contribution in [2.45, 2.75) is 13.0 Å². The molecule has 1 unspecified atom stereocenters. The summed E-state index contributed by atoms with van der Waals surface area (Å²) in [6.07, 6.45) is -0.956. The summed E-state index contributed by atoms with van der Waals surface area (Å²) in [5.74, 6) is 0.135. The molecule has 19 heavy (non-hydrogen) atoms. The highest BCUT2D eigenvalue weighted by atomic mass is 35.5. The van der Waals surface area contributed by atoms with Gasteiger partial charge in [0.25, 0.3) is 0 Å². The van der Waals surface area contributed by atoms with Crippen molar-refractivity contribution in [1.29, 1.82) is 0 Å². The molecule has 0 aliphatic heterocycles. The van der Waals surface area contributed by atoms with E-state index in [2.05, 4.69) is 0 Å². The zero-order valence-corrected chi connectivity index (χ0v) is 11.4. The van der Waals surface area contributed by atoms with Gasteiger partial charge in [0.05, 0.1) is 7.11 Å². The predicted octanol–water partition coefficient (Wildman–Crippen LogP) is 3.88. The Kier molecular flexibility index (Phi) is 4.08. The number of aryl methyl sites for hydroxylation is 1. The molecule has 1 atom stereocenters. The first kappa shape index (κ1) is 13.8. The van der Waals surface area contributed by atoms with Gasteiger partial charge in [-0.15, -0.1) is 0 Å². The summed E-state index contributed by atoms with van der Waals surface area (Å²) < 4.78 is 18.3. The monoisotopic (exact) mass is 280 g/mol. The number of aliphatic hydroxyl groups is 1. The van der Waals surface area contributed by atoms with Gasteiger partial charge in [-0.2, -0.15) is 0 Å². The lowest BCUT2D eigenvalue weighted by molar-refractivity contribution is 0.214. The number of hydrogen-bond acceptors (Lipinski definition) is 2. The standard InChI is InChI=1S/C15H14ClFO2/c1-9-3-6-14(19-2)12(7-9)15(18)11-5-4-10(17)8-13(11)16/h3-8,15,18H,1-2H3. The van der Waals surface area contributed by atoms with Crippen LogP contribution in [-0.2, 0) is 0 Å². The third-order valence-corrected chi connectivity index (χ3v) is 3.26. The largest absolute Gasteiger partial charge is 0.496 e. The average Bonchev–Trinajstić information content (AvgIpc) is 2.38. The molecule has 0 amide bonds. The molecule has 0 saturated heterocycles. The molecule has 2 aromatic rings. The van der Waals surface area contributed by atoms with Crippen LogP contribution in [0.5, 0.6) is 5.75 Å². The molecule has 2 nitrogen and oxygen atoms in total. The van der Waals surface area contributed by atoms with E-state index >= 15 is 0 Å². The molecule has 0 radical (unpaired) electrons. The molecule has 0 aromatic heterocycles. The first-order valence-corrected chi connectivity index (χ1v) is 6.18. The summed E-state index contributed by atoms with van der Waals surface area (Å²) in [6, 6.07) is 9.43. The Morgan fingerprint density at radius 1 is 1.16 bits per heavy atom. The number of ether oxygens (including phenoxy) is 1. The van der Waals surface area contributed by atoms with Gasteiger partial charge in [0, 0.05) is 16.1 Å². The van der Waals surface area contributed by atoms with Crippen LogP contribution in [0.2, 0.25) is 5.02 Å². The molecule has 0 aliphatic rings. The van der Waals surface area contributed by atoms with Crippen molar-refractivity contribution in [1.82, 2.24) is 0 Å². The van der Waals surface area contributed by atoms with Crippen LogP contribution in [-0.4, -0.2) is 12.2 Å². The number of hydrogen-bond donors (Lipinski definition) is 1. The third-order valence-electron chi connectivity index (χ3n) is 2.94. The number of methoxy groups -OCH3 is 1. The SMILES string of the molecule is COc1ccc(C)cc1C(O)c1ccc(F)cc1Cl. The van der Waals surface area contributed by atoms with Crippen LogP contribution >= 0.6 is 11.6 Å². The fourth-order valence-corrected chi connectivity index (χ4v) is 2.23. The summed E-state index contributed by atoms with van der Waals surface area (Å²) >= 11 is 5.97. The highest BCUT2D eigenvalue weighted by molar-refractivity contribution is 6.31. The van der Waals surface area contributed by atoms with E-state index in [4.69, 9.17) is 16.3 Å². The van der Waals surface area contributed by atoms with Crippen molar-refractivity contribution < 1.29 is 14.2 Å². The summed E-state index contributed by atoms with van der Waals surface area (Å²) in [5, 5.41) is 10.6. The lowest BCUT2D eigenvalue weighted by atomic mass is 9.99. The van der Waals surface area contributed by atoms with Gasteiger partial charge in [-0.25, -0.2) is 4.39 Å². The van der Waals surface area contributed by atoms with Gasteiger partial charge in [0.15, 0.2) is 0 Å². The van der Waals surface area contributed by atoms with Crippen molar-refractivity contribution in [3.63, 3.8) is 0 Å². The quantitative estimate of drug-likeness (QED) is 0.924. The van der Waals surface area contributed by atoms with Crippen LogP contribution in [0.1, 0.15) is 22.8 Å². The van der Waals surface area contributed by atoms with Gasteiger partial charge in [0.1, 0.15) is 17.7 Å². The fraction of sp³-hybridized carbons (Fsp3) is 0.200. The fourth-order valence-electron chi connectivity index (χ4n) is 1.96. The zero-order chi connectivity index (χ0) is 14.0. The number of halogens is 2. The highest BCUT2D eigenvalue weighted by Gasteiger charge is 2.18. The van der Waals surface area contributed by atoms with Crippen molar-refractivity contribution in [2.24, 2.45) is 0 Å². The second-order valence-electron chi connectivity index (χ2n) is 4.31. The van der Waals surface area contributed by atoms with E-state index in [0.717, 1.165) is 5.56 Å². The molecule has 4 heteroatoms. The number of benzene rings is 2. The Hall–Kier alpha value is -1.58. The minimum absolute atomic E-state index is 0.191. The third kappa shape index (κ3) is 2.88. The van der Waals surface area contributed by atoms with Crippen molar-refractivity contribution in [3.8, 4) is 5.75 Å². The summed E-state index contributed by atoms with van der Waals surface area (Å²) in [7, 11) is 1.53. The Morgan fingerprint density at radius 2 is 1.89 bits per heavy atom. The molecule has 100 valence electrons. The molecular weight excluding hydrogens is 267 g/mol. The van der Waals surface area contributed by atoms with Gasteiger partial charge in [-0.1, -0.05) is 29.3 Å². The van der Waals surface area contributed by atoms with Crippen molar-refractivity contribution in [2.75, 3.05) is 7.11 Å². The van der Waals surface area contributed by atoms with Crippen molar-refractivity contribution >= 4 is 11.6 Å². The van der Waals surface area contributed by atoms with Crippen LogP contribution in [0.3, 0.4) is 0 Å². The van der Waals surface area contributed by atoms with Crippen LogP contribution in [0.15, 0.2) is 36.4 Å². The Morgan fingerprint density at radius 3 is 2.53 bits per heavy atom. The van der Waals surface area contributed by atoms with Gasteiger partial charge in [-0.05, 0) is 31.2 Å². The van der Waals surface area contributed by atoms with Crippen LogP contribution < -0.4 is 4.74 Å². The maximum absolute atomic E-state index is 13.0. The summed E-state index contributed by atoms with van der Waals surface area (Å²) in [4.78, 5) is 0. The topological polar surface area (TPSA) is 29.5 Å². The molecule has 0 saturated carbocycles. The molecular formula is C15H14ClFO2. The normalized spacial score (nSPS) is 12.3. The first-order valence-electron chi connectivity index (χ1n) is 5.80. The minimum atomic E-state index is -0.956. The van der Waals surface area contributed by atoms with Crippen LogP contribution in [0, 0.1) is 12.7 Å². The zero-order valence-electron chi connectivity index (χ0n) is 10.7. The van der Waals surface area contributed by atoms with Gasteiger partial charge < -0.3 is 9.84 Å². The molecule has 0 aliphatic carbocycles. The molecule has 0 spiro atoms. The molecule has 1 N–H and O–H groups in total. The summed E-state index contributed by atoms with van der Waals surface area (Å²) in [5.41, 5.74) is 2.05. The smallest absolute Gasteiger partial charge is 0.125 e. The number of aliphatic hydroxyl groups excluding tert-OH is 1. The van der Waals surface area contributed by atoms with Crippen LogP contribution in [0.25, 0.3) is 0 Å². The highest BCUT2D eigenvalue weighted by Crippen LogP contribution is 2.34. The maximum atomic E-state index is 13.0. The van der Waals surface area contributed by atoms with Gasteiger partial charge in [0.2, 0.25) is 0 Å². The Bertz CT molecular complexity index is 599. The van der Waals surface area contributed by atoms with E-state index < -0.39 is 11.9 Å².